The van der Waals surface area contributed by atoms with Gasteiger partial charge in [-0.15, -0.1) is 12.4 Å². The van der Waals surface area contributed by atoms with Gasteiger partial charge in [0.15, 0.2) is 5.78 Å². The van der Waals surface area contributed by atoms with Crippen LogP contribution >= 0.6 is 12.4 Å². The van der Waals surface area contributed by atoms with E-state index in [0.717, 1.165) is 28.0 Å². The van der Waals surface area contributed by atoms with Crippen LogP contribution in [0.25, 0.3) is 17.1 Å². The molecule has 1 aromatic heterocycles. The van der Waals surface area contributed by atoms with Crippen LogP contribution < -0.4 is 5.48 Å². The molecule has 0 saturated carbocycles. The minimum Gasteiger partial charge on any atom is -0.342 e. The summed E-state index contributed by atoms with van der Waals surface area (Å²) in [7, 11) is 0. The van der Waals surface area contributed by atoms with Gasteiger partial charge in [-0.05, 0) is 42.3 Å². The Labute approximate surface area is 156 Å². The van der Waals surface area contributed by atoms with Crippen LogP contribution in [0.15, 0.2) is 48.5 Å². The van der Waals surface area contributed by atoms with E-state index in [0.29, 0.717) is 12.0 Å². The average molecular weight is 372 g/mol. The molecular weight excluding hydrogens is 354 g/mol. The van der Waals surface area contributed by atoms with Crippen molar-refractivity contribution in [2.24, 2.45) is 0 Å². The van der Waals surface area contributed by atoms with E-state index in [-0.39, 0.29) is 18.2 Å². The number of benzene rings is 2. The van der Waals surface area contributed by atoms with Gasteiger partial charge in [-0.1, -0.05) is 24.3 Å². The number of ketones is 1. The molecule has 0 aliphatic heterocycles. The van der Waals surface area contributed by atoms with Gasteiger partial charge in [0.25, 0.3) is 5.91 Å². The molecule has 0 unspecified atom stereocenters. The highest BCUT2D eigenvalue weighted by atomic mass is 35.5. The number of amides is 1. The molecule has 6 nitrogen and oxygen atoms in total. The summed E-state index contributed by atoms with van der Waals surface area (Å²) in [5, 5.41) is 8.45. The first kappa shape index (κ1) is 19.4. The zero-order valence-corrected chi connectivity index (χ0v) is 14.8. The Morgan fingerprint density at radius 2 is 1.92 bits per heavy atom. The fourth-order valence-electron chi connectivity index (χ4n) is 2.51. The standard InChI is InChI=1S/C19H17N3O3.ClH/c1-12(23)15-7-8-16-17(11-15)21-18(20-16)10-14-4-2-13(3-5-14)6-9-19(24)22-25;/h2-9,11,25H,10H2,1H3,(H,20,21)(H,22,24);1H/b9-6+;. The molecule has 0 saturated heterocycles. The molecule has 3 rings (SSSR count). The molecule has 3 N–H and O–H groups in total. The molecule has 0 radical (unpaired) electrons. The zero-order valence-electron chi connectivity index (χ0n) is 14.0. The number of hydroxylamine groups is 1. The van der Waals surface area contributed by atoms with Crippen LogP contribution in [-0.2, 0) is 11.2 Å². The van der Waals surface area contributed by atoms with Crippen LogP contribution in [0.5, 0.6) is 0 Å². The van der Waals surface area contributed by atoms with Crippen LogP contribution in [0.2, 0.25) is 0 Å². The Morgan fingerprint density at radius 1 is 1.19 bits per heavy atom. The van der Waals surface area contributed by atoms with E-state index >= 15 is 0 Å². The Morgan fingerprint density at radius 3 is 2.58 bits per heavy atom. The highest BCUT2D eigenvalue weighted by molar-refractivity contribution is 5.97. The van der Waals surface area contributed by atoms with Crippen molar-refractivity contribution in [2.75, 3.05) is 0 Å². The number of nitrogens with zero attached hydrogens (tertiary/aromatic N) is 1. The molecule has 1 heterocycles. The number of carbonyl (C=O) groups is 2. The fraction of sp³-hybridized carbons (Fsp3) is 0.105. The van der Waals surface area contributed by atoms with E-state index in [2.05, 4.69) is 9.97 Å². The number of aromatic amines is 1. The molecule has 2 aromatic carbocycles. The Hall–Kier alpha value is -2.96. The first-order valence-corrected chi connectivity index (χ1v) is 7.76. The molecule has 0 fully saturated rings. The highest BCUT2D eigenvalue weighted by Crippen LogP contribution is 2.17. The van der Waals surface area contributed by atoms with E-state index in [9.17, 15) is 9.59 Å². The van der Waals surface area contributed by atoms with Crippen LogP contribution in [0.1, 0.15) is 34.2 Å². The van der Waals surface area contributed by atoms with Gasteiger partial charge < -0.3 is 4.98 Å². The smallest absolute Gasteiger partial charge is 0.267 e. The number of Topliss-reactive ketones (excluding diaryl/α,β-unsaturated/α-hetero) is 1. The lowest BCUT2D eigenvalue weighted by Gasteiger charge is -1.99. The number of carbonyl (C=O) groups excluding carboxylic acids is 2. The molecule has 0 aliphatic rings. The SMILES string of the molecule is CC(=O)c1ccc2nc(Cc3ccc(/C=C/C(=O)NO)cc3)[nH]c2c1.Cl. The molecule has 134 valence electrons. The molecule has 0 atom stereocenters. The summed E-state index contributed by atoms with van der Waals surface area (Å²) >= 11 is 0. The van der Waals surface area contributed by atoms with Gasteiger partial charge in [0.2, 0.25) is 0 Å². The fourth-order valence-corrected chi connectivity index (χ4v) is 2.51. The summed E-state index contributed by atoms with van der Waals surface area (Å²) in [4.78, 5) is 30.2. The van der Waals surface area contributed by atoms with Gasteiger partial charge in [0.1, 0.15) is 5.82 Å². The molecular formula is C19H18ClN3O3. The quantitative estimate of drug-likeness (QED) is 0.277. The first-order chi connectivity index (χ1) is 12.0. The number of hydrogen-bond donors (Lipinski definition) is 3. The van der Waals surface area contributed by atoms with Gasteiger partial charge in [-0.3, -0.25) is 14.8 Å². The summed E-state index contributed by atoms with van der Waals surface area (Å²) in [6.45, 7) is 1.54. The summed E-state index contributed by atoms with van der Waals surface area (Å²) in [5.41, 5.74) is 5.79. The monoisotopic (exact) mass is 371 g/mol. The topological polar surface area (TPSA) is 95.1 Å². The van der Waals surface area contributed by atoms with Gasteiger partial charge >= 0.3 is 0 Å². The van der Waals surface area contributed by atoms with E-state index in [1.54, 1.807) is 24.5 Å². The van der Waals surface area contributed by atoms with Crippen LogP contribution in [-0.4, -0.2) is 26.9 Å². The Kier molecular flexibility index (Phi) is 6.27. The molecule has 0 aliphatic carbocycles. The van der Waals surface area contributed by atoms with Gasteiger partial charge in [0, 0.05) is 18.1 Å². The van der Waals surface area contributed by atoms with Crippen LogP contribution in [0, 0.1) is 0 Å². The second-order valence-electron chi connectivity index (χ2n) is 5.70. The average Bonchev–Trinajstić information content (AvgIpc) is 3.02. The second kappa shape index (κ2) is 8.42. The third-order valence-corrected chi connectivity index (χ3v) is 3.83. The van der Waals surface area contributed by atoms with Gasteiger partial charge in [-0.25, -0.2) is 10.5 Å². The van der Waals surface area contributed by atoms with Crippen molar-refractivity contribution in [2.45, 2.75) is 13.3 Å². The Balaban J connectivity index is 0.00000243. The van der Waals surface area contributed by atoms with Crippen molar-refractivity contribution >= 4 is 41.2 Å². The van der Waals surface area contributed by atoms with Crippen molar-refractivity contribution < 1.29 is 14.8 Å². The minimum atomic E-state index is -0.573. The summed E-state index contributed by atoms with van der Waals surface area (Å²) in [6.07, 6.45) is 3.49. The van der Waals surface area contributed by atoms with Gasteiger partial charge in [0.05, 0.1) is 11.0 Å². The number of hydrogen-bond acceptors (Lipinski definition) is 4. The molecule has 3 aromatic rings. The van der Waals surface area contributed by atoms with E-state index in [1.807, 2.05) is 36.4 Å². The molecule has 26 heavy (non-hydrogen) atoms. The normalized spacial score (nSPS) is 10.7. The summed E-state index contributed by atoms with van der Waals surface area (Å²) in [6, 6.07) is 13.1. The summed E-state index contributed by atoms with van der Waals surface area (Å²) in [5.74, 6) is 0.270. The zero-order chi connectivity index (χ0) is 17.8. The van der Waals surface area contributed by atoms with Crippen molar-refractivity contribution in [3.05, 3.63) is 71.1 Å². The summed E-state index contributed by atoms with van der Waals surface area (Å²) < 4.78 is 0. The number of aromatic nitrogens is 2. The highest BCUT2D eigenvalue weighted by Gasteiger charge is 2.07. The van der Waals surface area contributed by atoms with Crippen molar-refractivity contribution in [1.82, 2.24) is 15.4 Å². The third-order valence-electron chi connectivity index (χ3n) is 3.83. The molecule has 0 spiro atoms. The van der Waals surface area contributed by atoms with Crippen LogP contribution in [0.3, 0.4) is 0 Å². The number of H-pyrrole nitrogens is 1. The van der Waals surface area contributed by atoms with E-state index < -0.39 is 5.91 Å². The number of halogens is 1. The number of imidazole rings is 1. The molecule has 0 bridgehead atoms. The van der Waals surface area contributed by atoms with Crippen molar-refractivity contribution in [3.63, 3.8) is 0 Å². The third kappa shape index (κ3) is 4.56. The minimum absolute atomic E-state index is 0. The maximum atomic E-state index is 11.5. The number of fused-ring (bicyclic) bond motifs is 1. The predicted molar refractivity (Wildman–Crippen MR) is 102 cm³/mol. The number of nitrogens with one attached hydrogen (secondary N) is 2. The molecule has 7 heteroatoms. The van der Waals surface area contributed by atoms with Crippen molar-refractivity contribution in [3.8, 4) is 0 Å². The van der Waals surface area contributed by atoms with E-state index in [1.165, 1.54) is 6.08 Å². The lowest BCUT2D eigenvalue weighted by atomic mass is 10.1. The van der Waals surface area contributed by atoms with Crippen LogP contribution in [0.4, 0.5) is 0 Å². The maximum absolute atomic E-state index is 11.5. The van der Waals surface area contributed by atoms with E-state index in [4.69, 9.17) is 5.21 Å². The lowest BCUT2D eigenvalue weighted by molar-refractivity contribution is -0.124. The van der Waals surface area contributed by atoms with Gasteiger partial charge in [-0.2, -0.15) is 0 Å². The first-order valence-electron chi connectivity index (χ1n) is 7.76. The second-order valence-corrected chi connectivity index (χ2v) is 5.70. The maximum Gasteiger partial charge on any atom is 0.267 e. The largest absolute Gasteiger partial charge is 0.342 e. The lowest BCUT2D eigenvalue weighted by Crippen LogP contribution is -2.14. The number of rotatable bonds is 5. The molecule has 1 amide bonds. The van der Waals surface area contributed by atoms with Crippen molar-refractivity contribution in [1.29, 1.82) is 0 Å². The Bertz CT molecular complexity index is 962. The predicted octanol–water partition coefficient (Wildman–Crippen LogP) is 3.30.